The fourth-order valence-electron chi connectivity index (χ4n) is 3.85. The third-order valence-corrected chi connectivity index (χ3v) is 7.35. The van der Waals surface area contributed by atoms with E-state index in [1.54, 1.807) is 0 Å². The van der Waals surface area contributed by atoms with Crippen molar-refractivity contribution >= 4 is 14.7 Å². The zero-order chi connectivity index (χ0) is 19.2. The van der Waals surface area contributed by atoms with Crippen LogP contribution in [0, 0.1) is 6.92 Å². The minimum Gasteiger partial charge on any atom is -0.0632 e. The summed E-state index contributed by atoms with van der Waals surface area (Å²) in [6.07, 6.45) is 0.981. The van der Waals surface area contributed by atoms with E-state index in [2.05, 4.69) is 122 Å². The van der Waals surface area contributed by atoms with Crippen molar-refractivity contribution in [3.63, 3.8) is 0 Å². The maximum absolute atomic E-state index is 2.29. The van der Waals surface area contributed by atoms with Gasteiger partial charge in [-0.2, -0.15) is 0 Å². The number of benzene rings is 4. The summed E-state index contributed by atoms with van der Waals surface area (Å²) >= 11 is 0. The normalized spacial score (nSPS) is 11.3. The van der Waals surface area contributed by atoms with Crippen LogP contribution >= 0.6 is 0 Å². The highest BCUT2D eigenvalue weighted by atomic mass is 28.2. The Labute approximate surface area is 170 Å². The minimum absolute atomic E-state index is 0.0873. The van der Waals surface area contributed by atoms with Gasteiger partial charge < -0.3 is 0 Å². The predicted octanol–water partition coefficient (Wildman–Crippen LogP) is 5.51. The third kappa shape index (κ3) is 3.85. The minimum atomic E-state index is -0.0873. The molecule has 0 unspecified atom stereocenters. The largest absolute Gasteiger partial charge is 0.1000 e. The lowest BCUT2D eigenvalue weighted by Gasteiger charge is -2.36. The molecule has 4 aromatic rings. The molecule has 28 heavy (non-hydrogen) atoms. The average molecular weight is 377 g/mol. The molecule has 4 aromatic carbocycles. The van der Waals surface area contributed by atoms with E-state index in [0.717, 1.165) is 6.42 Å². The Morgan fingerprint density at radius 2 is 1.04 bits per heavy atom. The number of hydrogen-bond donors (Lipinski definition) is 0. The van der Waals surface area contributed by atoms with Crippen molar-refractivity contribution in [2.45, 2.75) is 18.4 Å². The topological polar surface area (TPSA) is 0 Å². The first-order valence-corrected chi connectivity index (χ1v) is 10.8. The second kappa shape index (κ2) is 8.41. The molecular formula is C27H24Si. The molecule has 0 aliphatic rings. The van der Waals surface area contributed by atoms with Gasteiger partial charge in [0.15, 0.2) is 0 Å². The van der Waals surface area contributed by atoms with Gasteiger partial charge in [0.1, 0.15) is 0 Å². The van der Waals surface area contributed by atoms with Crippen LogP contribution in [-0.4, -0.2) is 9.52 Å². The van der Waals surface area contributed by atoms with E-state index < -0.39 is 0 Å². The molecule has 0 amide bonds. The van der Waals surface area contributed by atoms with Crippen LogP contribution in [0.3, 0.4) is 0 Å². The summed E-state index contributed by atoms with van der Waals surface area (Å²) in [5.74, 6) is 0. The quantitative estimate of drug-likeness (QED) is 0.389. The molecule has 136 valence electrons. The first-order valence-electron chi connectivity index (χ1n) is 9.77. The first-order chi connectivity index (χ1) is 13.8. The molecule has 0 aliphatic heterocycles. The molecule has 0 saturated carbocycles. The Balaban J connectivity index is 1.92. The summed E-state index contributed by atoms with van der Waals surface area (Å²) < 4.78 is 0. The molecule has 0 heterocycles. The Kier molecular flexibility index (Phi) is 5.54. The zero-order valence-corrected chi connectivity index (χ0v) is 17.2. The summed E-state index contributed by atoms with van der Waals surface area (Å²) in [5, 5.41) is 1.35. The molecular weight excluding hydrogens is 352 g/mol. The lowest BCUT2D eigenvalue weighted by Crippen LogP contribution is -2.43. The van der Waals surface area contributed by atoms with Gasteiger partial charge in [-0.3, -0.25) is 0 Å². The summed E-state index contributed by atoms with van der Waals surface area (Å²) in [7, 11) is 0.645. The van der Waals surface area contributed by atoms with Gasteiger partial charge in [0.2, 0.25) is 0 Å². The van der Waals surface area contributed by atoms with Crippen LogP contribution in [0.1, 0.15) is 22.3 Å². The van der Waals surface area contributed by atoms with Crippen LogP contribution in [0.2, 0.25) is 0 Å². The highest BCUT2D eigenvalue weighted by molar-refractivity contribution is 6.58. The SMILES string of the molecule is Cc1ccccc1[Si]C(Cc1ccccc1)(c1ccccc1)c1ccccc1. The lowest BCUT2D eigenvalue weighted by molar-refractivity contribution is 0.712. The molecule has 0 atom stereocenters. The van der Waals surface area contributed by atoms with E-state index in [1.165, 1.54) is 27.4 Å². The molecule has 0 aliphatic carbocycles. The third-order valence-electron chi connectivity index (χ3n) is 5.34. The molecule has 0 nitrogen and oxygen atoms in total. The van der Waals surface area contributed by atoms with Crippen LogP contribution < -0.4 is 5.19 Å². The van der Waals surface area contributed by atoms with E-state index in [-0.39, 0.29) is 5.04 Å². The fourth-order valence-corrected chi connectivity index (χ4v) is 5.68. The summed E-state index contributed by atoms with van der Waals surface area (Å²) in [4.78, 5) is 0. The monoisotopic (exact) mass is 376 g/mol. The maximum atomic E-state index is 2.29. The molecule has 0 spiro atoms. The van der Waals surface area contributed by atoms with Crippen molar-refractivity contribution in [2.24, 2.45) is 0 Å². The van der Waals surface area contributed by atoms with Crippen molar-refractivity contribution in [3.05, 3.63) is 138 Å². The van der Waals surface area contributed by atoms with Crippen molar-refractivity contribution in [1.82, 2.24) is 0 Å². The Bertz CT molecular complexity index is 968. The zero-order valence-electron chi connectivity index (χ0n) is 16.2. The maximum Gasteiger partial charge on any atom is 0.1000 e. The summed E-state index contributed by atoms with van der Waals surface area (Å²) in [5.41, 5.74) is 5.50. The highest BCUT2D eigenvalue weighted by Crippen LogP contribution is 2.35. The van der Waals surface area contributed by atoms with E-state index in [4.69, 9.17) is 0 Å². The van der Waals surface area contributed by atoms with Crippen LogP contribution in [0.25, 0.3) is 0 Å². The van der Waals surface area contributed by atoms with E-state index in [1.807, 2.05) is 0 Å². The lowest BCUT2D eigenvalue weighted by atomic mass is 9.84. The van der Waals surface area contributed by atoms with Gasteiger partial charge in [-0.15, -0.1) is 0 Å². The molecule has 0 bridgehead atoms. The van der Waals surface area contributed by atoms with Crippen molar-refractivity contribution in [3.8, 4) is 0 Å². The van der Waals surface area contributed by atoms with Crippen molar-refractivity contribution in [1.29, 1.82) is 0 Å². The molecule has 4 rings (SSSR count). The first kappa shape index (κ1) is 18.5. The van der Waals surface area contributed by atoms with Crippen LogP contribution in [0.15, 0.2) is 115 Å². The number of aryl methyl sites for hydroxylation is 1. The molecule has 0 aromatic heterocycles. The average Bonchev–Trinajstić information content (AvgIpc) is 2.77. The Hall–Kier alpha value is -2.90. The predicted molar refractivity (Wildman–Crippen MR) is 120 cm³/mol. The molecule has 2 radical (unpaired) electrons. The highest BCUT2D eigenvalue weighted by Gasteiger charge is 2.35. The van der Waals surface area contributed by atoms with Crippen molar-refractivity contribution < 1.29 is 0 Å². The molecule has 0 saturated heterocycles. The van der Waals surface area contributed by atoms with Gasteiger partial charge in [0.25, 0.3) is 0 Å². The fraction of sp³-hybridized carbons (Fsp3) is 0.111. The van der Waals surface area contributed by atoms with E-state index >= 15 is 0 Å². The number of rotatable bonds is 6. The van der Waals surface area contributed by atoms with Gasteiger partial charge in [-0.1, -0.05) is 126 Å². The molecule has 0 fully saturated rings. The Morgan fingerprint density at radius 3 is 1.57 bits per heavy atom. The summed E-state index contributed by atoms with van der Waals surface area (Å²) in [6.45, 7) is 2.23. The Morgan fingerprint density at radius 1 is 0.571 bits per heavy atom. The van der Waals surface area contributed by atoms with Gasteiger partial charge in [-0.05, 0) is 30.0 Å². The smallest absolute Gasteiger partial charge is 0.0632 e. The van der Waals surface area contributed by atoms with Gasteiger partial charge in [-0.25, -0.2) is 0 Å². The second-order valence-corrected chi connectivity index (χ2v) is 8.88. The van der Waals surface area contributed by atoms with Crippen LogP contribution in [-0.2, 0) is 11.5 Å². The van der Waals surface area contributed by atoms with Crippen LogP contribution in [0.5, 0.6) is 0 Å². The van der Waals surface area contributed by atoms with E-state index in [9.17, 15) is 0 Å². The van der Waals surface area contributed by atoms with Gasteiger partial charge in [0, 0.05) is 5.04 Å². The second-order valence-electron chi connectivity index (χ2n) is 7.24. The summed E-state index contributed by atoms with van der Waals surface area (Å²) in [6, 6.07) is 41.8. The molecule has 1 heteroatoms. The standard InChI is InChI=1S/C27H24Si/c1-22-13-11-12-20-26(22)28-27(24-16-7-3-8-17-24,25-18-9-4-10-19-25)21-23-14-5-2-6-15-23/h2-20H,21H2,1H3. The van der Waals surface area contributed by atoms with E-state index in [0.29, 0.717) is 9.52 Å². The van der Waals surface area contributed by atoms with Gasteiger partial charge in [0.05, 0.1) is 9.52 Å². The van der Waals surface area contributed by atoms with Gasteiger partial charge >= 0.3 is 0 Å². The number of hydrogen-bond acceptors (Lipinski definition) is 0. The van der Waals surface area contributed by atoms with Crippen LogP contribution in [0.4, 0.5) is 0 Å². The molecule has 0 N–H and O–H groups in total. The van der Waals surface area contributed by atoms with Crippen molar-refractivity contribution in [2.75, 3.05) is 0 Å².